The van der Waals surface area contributed by atoms with E-state index in [2.05, 4.69) is 22.9 Å². The van der Waals surface area contributed by atoms with Gasteiger partial charge in [-0.2, -0.15) is 0 Å². The lowest BCUT2D eigenvalue weighted by Crippen LogP contribution is -2.44. The van der Waals surface area contributed by atoms with E-state index in [1.54, 1.807) is 28.8 Å². The van der Waals surface area contributed by atoms with Crippen molar-refractivity contribution in [2.24, 2.45) is 0 Å². The molecule has 158 valence electrons. The summed E-state index contributed by atoms with van der Waals surface area (Å²) in [7, 11) is 2.13. The molecule has 8 heteroatoms. The van der Waals surface area contributed by atoms with Crippen LogP contribution in [0.2, 0.25) is 15.1 Å². The average Bonchev–Trinajstić information content (AvgIpc) is 2.74. The van der Waals surface area contributed by atoms with Crippen molar-refractivity contribution in [1.82, 2.24) is 4.90 Å². The number of hydrogen-bond donors (Lipinski definition) is 0. The van der Waals surface area contributed by atoms with E-state index >= 15 is 0 Å². The molecule has 0 bridgehead atoms. The zero-order valence-electron chi connectivity index (χ0n) is 16.6. The highest BCUT2D eigenvalue weighted by Crippen LogP contribution is 2.36. The molecule has 0 saturated carbocycles. The highest BCUT2D eigenvalue weighted by molar-refractivity contribution is 8.04. The molecule has 2 aliphatic heterocycles. The number of likely N-dealkylation sites (N-methyl/N-ethyl adjacent to an activating group) is 1. The number of anilines is 2. The molecule has 0 radical (unpaired) electrons. The Morgan fingerprint density at radius 1 is 0.933 bits per heavy atom. The fraction of sp³-hybridized carbons (Fsp3) is 0.318. The highest BCUT2D eigenvalue weighted by atomic mass is 35.5. The minimum Gasteiger partial charge on any atom is -0.368 e. The molecule has 4 rings (SSSR count). The molecule has 0 aromatic heterocycles. The Balaban J connectivity index is 1.66. The van der Waals surface area contributed by atoms with Crippen LogP contribution in [0.4, 0.5) is 11.4 Å². The minimum absolute atomic E-state index is 0.0473. The van der Waals surface area contributed by atoms with E-state index in [9.17, 15) is 4.79 Å². The molecule has 2 fully saturated rings. The maximum Gasteiger partial charge on any atom is 0.264 e. The van der Waals surface area contributed by atoms with Gasteiger partial charge < -0.3 is 14.7 Å². The van der Waals surface area contributed by atoms with Gasteiger partial charge in [0.15, 0.2) is 0 Å². The van der Waals surface area contributed by atoms with E-state index in [-0.39, 0.29) is 5.91 Å². The van der Waals surface area contributed by atoms with E-state index in [1.807, 2.05) is 24.3 Å². The van der Waals surface area contributed by atoms with Gasteiger partial charge in [0.2, 0.25) is 0 Å². The van der Waals surface area contributed by atoms with E-state index in [4.69, 9.17) is 34.8 Å². The van der Waals surface area contributed by atoms with E-state index in [1.165, 1.54) is 0 Å². The smallest absolute Gasteiger partial charge is 0.264 e. The summed E-state index contributed by atoms with van der Waals surface area (Å²) in [5.41, 5.74) is 2.72. The van der Waals surface area contributed by atoms with Gasteiger partial charge in [-0.1, -0.05) is 40.9 Å². The van der Waals surface area contributed by atoms with Gasteiger partial charge in [0.1, 0.15) is 0 Å². The van der Waals surface area contributed by atoms with Crippen molar-refractivity contribution in [3.63, 3.8) is 0 Å². The number of piperazine rings is 1. The second-order valence-corrected chi connectivity index (χ2v) is 9.73. The second kappa shape index (κ2) is 9.41. The topological polar surface area (TPSA) is 26.8 Å². The Morgan fingerprint density at radius 2 is 1.70 bits per heavy atom. The third-order valence-electron chi connectivity index (χ3n) is 5.39. The fourth-order valence-electron chi connectivity index (χ4n) is 3.67. The minimum atomic E-state index is -0.0473. The summed E-state index contributed by atoms with van der Waals surface area (Å²) < 4.78 is 0. The maximum absolute atomic E-state index is 13.3. The van der Waals surface area contributed by atoms with Crippen LogP contribution in [0.5, 0.6) is 0 Å². The Hall–Kier alpha value is -1.37. The van der Waals surface area contributed by atoms with Crippen molar-refractivity contribution >= 4 is 69.9 Å². The monoisotopic (exact) mass is 481 g/mol. The summed E-state index contributed by atoms with van der Waals surface area (Å²) in [6.45, 7) is 4.49. The molecule has 4 nitrogen and oxygen atoms in total. The lowest BCUT2D eigenvalue weighted by atomic mass is 10.1. The maximum atomic E-state index is 13.3. The summed E-state index contributed by atoms with van der Waals surface area (Å²) in [5.74, 6) is 0.750. The van der Waals surface area contributed by atoms with Gasteiger partial charge in [0.05, 0.1) is 15.0 Å². The number of halogens is 3. The standard InChI is InChI=1S/C22H22Cl3N3OS/c1-26-7-9-27(10-8-26)20-4-2-3-17(23)16(20)14-21-22(29)28(11-12-30-21)15-5-6-18(24)19(25)13-15/h2-6,13-14H,7-12H2,1H3/b21-14-. The van der Waals surface area contributed by atoms with Crippen LogP contribution in [0.3, 0.4) is 0 Å². The van der Waals surface area contributed by atoms with Crippen LogP contribution < -0.4 is 9.80 Å². The van der Waals surface area contributed by atoms with Crippen LogP contribution >= 0.6 is 46.6 Å². The first-order chi connectivity index (χ1) is 14.4. The van der Waals surface area contributed by atoms with Gasteiger partial charge in [-0.25, -0.2) is 0 Å². The number of thioether (sulfide) groups is 1. The van der Waals surface area contributed by atoms with Crippen LogP contribution in [0.1, 0.15) is 5.56 Å². The Labute approximate surface area is 196 Å². The van der Waals surface area contributed by atoms with E-state index in [0.29, 0.717) is 26.5 Å². The first-order valence-electron chi connectivity index (χ1n) is 9.77. The molecule has 0 spiro atoms. The van der Waals surface area contributed by atoms with E-state index in [0.717, 1.165) is 48.9 Å². The number of benzene rings is 2. The van der Waals surface area contributed by atoms with Crippen molar-refractivity contribution in [2.45, 2.75) is 0 Å². The molecule has 0 atom stereocenters. The normalized spacial score (nSPS) is 19.6. The van der Waals surface area contributed by atoms with Gasteiger partial charge in [-0.15, -0.1) is 11.8 Å². The predicted molar refractivity (Wildman–Crippen MR) is 130 cm³/mol. The zero-order chi connectivity index (χ0) is 21.3. The van der Waals surface area contributed by atoms with Gasteiger partial charge in [0.25, 0.3) is 5.91 Å². The number of hydrogen-bond acceptors (Lipinski definition) is 4. The third-order valence-corrected chi connectivity index (χ3v) is 7.45. The van der Waals surface area contributed by atoms with Crippen LogP contribution in [0.15, 0.2) is 41.3 Å². The van der Waals surface area contributed by atoms with Crippen molar-refractivity contribution in [3.05, 3.63) is 61.9 Å². The Morgan fingerprint density at radius 3 is 2.43 bits per heavy atom. The molecule has 0 aliphatic carbocycles. The Bertz CT molecular complexity index is 990. The molecule has 1 amide bonds. The summed E-state index contributed by atoms with van der Waals surface area (Å²) in [5, 5.41) is 1.57. The van der Waals surface area contributed by atoms with Crippen LogP contribution in [-0.4, -0.2) is 56.3 Å². The van der Waals surface area contributed by atoms with Crippen molar-refractivity contribution in [1.29, 1.82) is 0 Å². The average molecular weight is 483 g/mol. The van der Waals surface area contributed by atoms with Crippen molar-refractivity contribution in [3.8, 4) is 0 Å². The fourth-order valence-corrected chi connectivity index (χ4v) is 5.11. The van der Waals surface area contributed by atoms with Gasteiger partial charge in [-0.05, 0) is 43.5 Å². The SMILES string of the molecule is CN1CCN(c2cccc(Cl)c2/C=C2\SCCN(c3ccc(Cl)c(Cl)c3)C2=O)CC1. The third kappa shape index (κ3) is 4.61. The number of nitrogens with zero attached hydrogens (tertiary/aromatic N) is 3. The lowest BCUT2D eigenvalue weighted by Gasteiger charge is -2.35. The molecular weight excluding hydrogens is 461 g/mol. The summed E-state index contributed by atoms with van der Waals surface area (Å²) >= 11 is 20.4. The molecule has 2 aromatic rings. The van der Waals surface area contributed by atoms with Gasteiger partial charge >= 0.3 is 0 Å². The van der Waals surface area contributed by atoms with Gasteiger partial charge in [-0.3, -0.25) is 4.79 Å². The number of carbonyl (C=O) groups excluding carboxylic acids is 1. The molecular formula is C22H22Cl3N3OS. The molecule has 0 N–H and O–H groups in total. The second-order valence-electron chi connectivity index (χ2n) is 7.38. The zero-order valence-corrected chi connectivity index (χ0v) is 19.7. The van der Waals surface area contributed by atoms with E-state index < -0.39 is 0 Å². The molecule has 30 heavy (non-hydrogen) atoms. The van der Waals surface area contributed by atoms with Gasteiger partial charge in [0, 0.05) is 60.4 Å². The number of carbonyl (C=O) groups is 1. The molecule has 2 aromatic carbocycles. The summed E-state index contributed by atoms with van der Waals surface area (Å²) in [4.78, 5) is 20.3. The highest BCUT2D eigenvalue weighted by Gasteiger charge is 2.27. The first-order valence-corrected chi connectivity index (χ1v) is 11.9. The number of rotatable bonds is 3. The van der Waals surface area contributed by atoms with Crippen LogP contribution in [-0.2, 0) is 4.79 Å². The molecule has 2 heterocycles. The lowest BCUT2D eigenvalue weighted by molar-refractivity contribution is -0.114. The van der Waals surface area contributed by atoms with Crippen LogP contribution in [0.25, 0.3) is 6.08 Å². The molecule has 2 saturated heterocycles. The molecule has 0 unspecified atom stereocenters. The van der Waals surface area contributed by atoms with Crippen molar-refractivity contribution in [2.75, 3.05) is 55.3 Å². The van der Waals surface area contributed by atoms with Crippen molar-refractivity contribution < 1.29 is 4.79 Å². The largest absolute Gasteiger partial charge is 0.368 e. The first kappa shape index (κ1) is 21.8. The summed E-state index contributed by atoms with van der Waals surface area (Å²) in [6.07, 6.45) is 1.94. The van der Waals surface area contributed by atoms with Crippen LogP contribution in [0, 0.1) is 0 Å². The predicted octanol–water partition coefficient (Wildman–Crippen LogP) is 5.52. The molecule has 2 aliphatic rings. The Kier molecular flexibility index (Phi) is 6.85. The quantitative estimate of drug-likeness (QED) is 0.538. The summed E-state index contributed by atoms with van der Waals surface area (Å²) in [6, 6.07) is 11.2. The number of amides is 1.